The Balaban J connectivity index is 1.61. The second-order valence-electron chi connectivity index (χ2n) is 4.76. The minimum absolute atomic E-state index is 0.1000. The van der Waals surface area contributed by atoms with Crippen LogP contribution in [-0.4, -0.2) is 24.2 Å². The molecule has 0 aliphatic carbocycles. The Morgan fingerprint density at radius 2 is 2.18 bits per heavy atom. The molecule has 2 aromatic rings. The molecule has 0 aliphatic heterocycles. The Morgan fingerprint density at radius 1 is 1.36 bits per heavy atom. The fraction of sp³-hybridized carbons (Fsp3) is 0.312. The van der Waals surface area contributed by atoms with Gasteiger partial charge in [0.1, 0.15) is 5.75 Å². The second-order valence-corrected chi connectivity index (χ2v) is 5.95. The number of amides is 1. The van der Waals surface area contributed by atoms with Gasteiger partial charge in [-0.15, -0.1) is 0 Å². The average molecular weight is 340 g/mol. The molecule has 0 saturated heterocycles. The van der Waals surface area contributed by atoms with Crippen molar-refractivity contribution in [2.75, 3.05) is 13.2 Å². The SMILES string of the molecule is O=C(CCCOc1ccccc1Cl)NCC(O)c1ccsc1. The fourth-order valence-corrected chi connectivity index (χ4v) is 2.76. The number of aliphatic hydroxyl groups excluding tert-OH is 1. The third-order valence-electron chi connectivity index (χ3n) is 3.06. The summed E-state index contributed by atoms with van der Waals surface area (Å²) >= 11 is 7.49. The number of halogens is 1. The van der Waals surface area contributed by atoms with Gasteiger partial charge < -0.3 is 15.2 Å². The molecule has 2 rings (SSSR count). The quantitative estimate of drug-likeness (QED) is 0.725. The van der Waals surface area contributed by atoms with Crippen LogP contribution in [-0.2, 0) is 4.79 Å². The van der Waals surface area contributed by atoms with E-state index in [2.05, 4.69) is 5.32 Å². The Morgan fingerprint density at radius 3 is 2.91 bits per heavy atom. The minimum atomic E-state index is -0.658. The van der Waals surface area contributed by atoms with E-state index in [9.17, 15) is 9.90 Å². The first-order chi connectivity index (χ1) is 10.7. The standard InChI is InChI=1S/C16H18ClNO3S/c17-13-4-1-2-5-15(13)21-8-3-6-16(20)18-10-14(19)12-7-9-22-11-12/h1-2,4-5,7,9,11,14,19H,3,6,8,10H2,(H,18,20). The lowest BCUT2D eigenvalue weighted by molar-refractivity contribution is -0.121. The fourth-order valence-electron chi connectivity index (χ4n) is 1.86. The summed E-state index contributed by atoms with van der Waals surface area (Å²) in [6.07, 6.45) is 0.279. The van der Waals surface area contributed by atoms with Gasteiger partial charge in [-0.3, -0.25) is 4.79 Å². The molecule has 1 unspecified atom stereocenters. The molecule has 0 spiro atoms. The number of thiophene rings is 1. The van der Waals surface area contributed by atoms with Crippen LogP contribution in [0.15, 0.2) is 41.1 Å². The van der Waals surface area contributed by atoms with Crippen molar-refractivity contribution < 1.29 is 14.6 Å². The number of ether oxygens (including phenoxy) is 1. The largest absolute Gasteiger partial charge is 0.492 e. The molecule has 1 aromatic carbocycles. The van der Waals surface area contributed by atoms with E-state index in [1.165, 1.54) is 11.3 Å². The Kier molecular flexibility index (Phi) is 6.71. The number of para-hydroxylation sites is 1. The third-order valence-corrected chi connectivity index (χ3v) is 4.08. The predicted molar refractivity (Wildman–Crippen MR) is 88.5 cm³/mol. The lowest BCUT2D eigenvalue weighted by atomic mass is 10.2. The molecule has 1 aromatic heterocycles. The van der Waals surface area contributed by atoms with E-state index in [1.54, 1.807) is 12.1 Å². The molecule has 1 atom stereocenters. The van der Waals surface area contributed by atoms with Gasteiger partial charge in [0, 0.05) is 13.0 Å². The maximum Gasteiger partial charge on any atom is 0.220 e. The van der Waals surface area contributed by atoms with Crippen LogP contribution < -0.4 is 10.1 Å². The summed E-state index contributed by atoms with van der Waals surface area (Å²) in [5.41, 5.74) is 0.826. The van der Waals surface area contributed by atoms with E-state index in [0.29, 0.717) is 30.2 Å². The molecule has 6 heteroatoms. The molecule has 0 bridgehead atoms. The number of aliphatic hydroxyl groups is 1. The first kappa shape index (κ1) is 16.8. The molecule has 0 radical (unpaired) electrons. The summed E-state index contributed by atoms with van der Waals surface area (Å²) < 4.78 is 5.51. The number of rotatable bonds is 8. The number of hydrogen-bond donors (Lipinski definition) is 2. The van der Waals surface area contributed by atoms with Crippen molar-refractivity contribution in [3.63, 3.8) is 0 Å². The van der Waals surface area contributed by atoms with Crippen molar-refractivity contribution in [2.24, 2.45) is 0 Å². The van der Waals surface area contributed by atoms with Crippen LogP contribution >= 0.6 is 22.9 Å². The highest BCUT2D eigenvalue weighted by molar-refractivity contribution is 7.07. The molecule has 0 fully saturated rings. The Hall–Kier alpha value is -1.56. The average Bonchev–Trinajstić information content (AvgIpc) is 3.05. The lowest BCUT2D eigenvalue weighted by Gasteiger charge is -2.11. The third kappa shape index (κ3) is 5.33. The normalized spacial score (nSPS) is 11.9. The van der Waals surface area contributed by atoms with Gasteiger partial charge >= 0.3 is 0 Å². The first-order valence-corrected chi connectivity index (χ1v) is 8.33. The Bertz CT molecular complexity index is 589. The summed E-state index contributed by atoms with van der Waals surface area (Å²) in [6.45, 7) is 0.644. The molecule has 4 nitrogen and oxygen atoms in total. The molecule has 2 N–H and O–H groups in total. The van der Waals surface area contributed by atoms with Crippen molar-refractivity contribution in [1.82, 2.24) is 5.32 Å². The lowest BCUT2D eigenvalue weighted by Crippen LogP contribution is -2.28. The minimum Gasteiger partial charge on any atom is -0.492 e. The molecule has 1 amide bonds. The predicted octanol–water partition coefficient (Wildman–Crippen LogP) is 3.41. The van der Waals surface area contributed by atoms with Crippen LogP contribution in [0.25, 0.3) is 0 Å². The molecule has 0 aliphatic rings. The Labute approximate surface area is 138 Å². The van der Waals surface area contributed by atoms with Crippen molar-refractivity contribution >= 4 is 28.8 Å². The highest BCUT2D eigenvalue weighted by Crippen LogP contribution is 2.23. The first-order valence-electron chi connectivity index (χ1n) is 7.01. The topological polar surface area (TPSA) is 58.6 Å². The number of hydrogen-bond acceptors (Lipinski definition) is 4. The molecule has 1 heterocycles. The van der Waals surface area contributed by atoms with Crippen molar-refractivity contribution in [3.8, 4) is 5.75 Å². The van der Waals surface area contributed by atoms with Gasteiger partial charge in [-0.1, -0.05) is 23.7 Å². The number of carbonyl (C=O) groups excluding carboxylic acids is 1. The zero-order chi connectivity index (χ0) is 15.8. The van der Waals surface area contributed by atoms with Crippen LogP contribution in [0.1, 0.15) is 24.5 Å². The van der Waals surface area contributed by atoms with Gasteiger partial charge in [-0.2, -0.15) is 11.3 Å². The van der Waals surface area contributed by atoms with Crippen LogP contribution in [0.5, 0.6) is 5.75 Å². The van der Waals surface area contributed by atoms with Gasteiger partial charge in [0.2, 0.25) is 5.91 Å². The van der Waals surface area contributed by atoms with E-state index < -0.39 is 6.10 Å². The van der Waals surface area contributed by atoms with Crippen molar-refractivity contribution in [2.45, 2.75) is 18.9 Å². The van der Waals surface area contributed by atoms with E-state index in [-0.39, 0.29) is 12.5 Å². The van der Waals surface area contributed by atoms with Crippen LogP contribution in [0.2, 0.25) is 5.02 Å². The molecule has 118 valence electrons. The summed E-state index contributed by atoms with van der Waals surface area (Å²) in [7, 11) is 0. The smallest absolute Gasteiger partial charge is 0.220 e. The molecule has 0 saturated carbocycles. The maximum atomic E-state index is 11.7. The van der Waals surface area contributed by atoms with E-state index >= 15 is 0 Å². The monoisotopic (exact) mass is 339 g/mol. The second kappa shape index (κ2) is 8.78. The van der Waals surface area contributed by atoms with Crippen molar-refractivity contribution in [3.05, 3.63) is 51.7 Å². The van der Waals surface area contributed by atoms with Crippen molar-refractivity contribution in [1.29, 1.82) is 0 Å². The van der Waals surface area contributed by atoms with Gasteiger partial charge in [0.05, 0.1) is 17.7 Å². The van der Waals surface area contributed by atoms with E-state index in [0.717, 1.165) is 5.56 Å². The van der Waals surface area contributed by atoms with Gasteiger partial charge in [-0.25, -0.2) is 0 Å². The molecular weight excluding hydrogens is 322 g/mol. The van der Waals surface area contributed by atoms with Gasteiger partial charge in [0.25, 0.3) is 0 Å². The summed E-state index contributed by atoms with van der Waals surface area (Å²) in [5.74, 6) is 0.523. The summed E-state index contributed by atoms with van der Waals surface area (Å²) in [6, 6.07) is 9.08. The molecule has 22 heavy (non-hydrogen) atoms. The van der Waals surface area contributed by atoms with Crippen LogP contribution in [0, 0.1) is 0 Å². The highest BCUT2D eigenvalue weighted by atomic mass is 35.5. The number of benzene rings is 1. The highest BCUT2D eigenvalue weighted by Gasteiger charge is 2.09. The van der Waals surface area contributed by atoms with E-state index in [1.807, 2.05) is 29.0 Å². The zero-order valence-electron chi connectivity index (χ0n) is 12.0. The van der Waals surface area contributed by atoms with E-state index in [4.69, 9.17) is 16.3 Å². The zero-order valence-corrected chi connectivity index (χ0v) is 13.6. The van der Waals surface area contributed by atoms with Crippen LogP contribution in [0.4, 0.5) is 0 Å². The van der Waals surface area contributed by atoms with Gasteiger partial charge in [0.15, 0.2) is 0 Å². The summed E-state index contributed by atoms with van der Waals surface area (Å²) in [4.78, 5) is 11.7. The maximum absolute atomic E-state index is 11.7. The summed E-state index contributed by atoms with van der Waals surface area (Å²) in [5, 5.41) is 16.9. The molecular formula is C16H18ClNO3S. The van der Waals surface area contributed by atoms with Gasteiger partial charge in [-0.05, 0) is 40.9 Å². The number of carbonyl (C=O) groups is 1. The number of nitrogens with one attached hydrogen (secondary N) is 1. The van der Waals surface area contributed by atoms with Crippen LogP contribution in [0.3, 0.4) is 0 Å².